The minimum absolute atomic E-state index is 0.256. The van der Waals surface area contributed by atoms with Crippen molar-refractivity contribution < 1.29 is 23.8 Å². The van der Waals surface area contributed by atoms with Gasteiger partial charge >= 0.3 is 5.97 Å². The Bertz CT molecular complexity index is 603. The number of hydrogen-bond acceptors (Lipinski definition) is 5. The lowest BCUT2D eigenvalue weighted by Crippen LogP contribution is -2.35. The number of benzene rings is 1. The van der Waals surface area contributed by atoms with Crippen LogP contribution in [-0.4, -0.2) is 38.2 Å². The third kappa shape index (κ3) is 5.56. The standard InChI is InChI=1S/C17H22BrNO5/c1-5-7-19-16(20)11(3)24-17(21)12-9-13(18)15(23-8-6-2)14(10-12)22-4/h5,9-11H,1,6-8H2,2-4H3,(H,19,20)/t11-/m1/s1. The summed E-state index contributed by atoms with van der Waals surface area (Å²) in [6, 6.07) is 3.09. The van der Waals surface area contributed by atoms with E-state index in [1.165, 1.54) is 20.1 Å². The summed E-state index contributed by atoms with van der Waals surface area (Å²) in [6.07, 6.45) is 1.47. The van der Waals surface area contributed by atoms with E-state index in [1.54, 1.807) is 12.1 Å². The maximum absolute atomic E-state index is 12.2. The normalized spacial score (nSPS) is 11.3. The van der Waals surface area contributed by atoms with Gasteiger partial charge in [0.25, 0.3) is 5.91 Å². The molecule has 0 saturated carbocycles. The quantitative estimate of drug-likeness (QED) is 0.510. The Balaban J connectivity index is 2.89. The van der Waals surface area contributed by atoms with Crippen LogP contribution in [0.2, 0.25) is 0 Å². The first-order chi connectivity index (χ1) is 11.4. The van der Waals surface area contributed by atoms with Crippen LogP contribution in [0.4, 0.5) is 0 Å². The number of carbonyl (C=O) groups excluding carboxylic acids is 2. The van der Waals surface area contributed by atoms with Crippen LogP contribution in [0, 0.1) is 0 Å². The van der Waals surface area contributed by atoms with E-state index in [4.69, 9.17) is 14.2 Å². The molecule has 0 unspecified atom stereocenters. The molecule has 0 fully saturated rings. The lowest BCUT2D eigenvalue weighted by atomic mass is 10.2. The van der Waals surface area contributed by atoms with Gasteiger partial charge in [0, 0.05) is 6.54 Å². The van der Waals surface area contributed by atoms with Crippen LogP contribution in [0.3, 0.4) is 0 Å². The lowest BCUT2D eigenvalue weighted by molar-refractivity contribution is -0.128. The van der Waals surface area contributed by atoms with E-state index in [0.717, 1.165) is 6.42 Å². The number of methoxy groups -OCH3 is 1. The third-order valence-electron chi connectivity index (χ3n) is 2.99. The van der Waals surface area contributed by atoms with Gasteiger partial charge in [0.1, 0.15) is 0 Å². The second-order valence-electron chi connectivity index (χ2n) is 4.92. The zero-order valence-electron chi connectivity index (χ0n) is 14.1. The van der Waals surface area contributed by atoms with Gasteiger partial charge in [-0.25, -0.2) is 4.79 Å². The van der Waals surface area contributed by atoms with Crippen molar-refractivity contribution in [3.05, 3.63) is 34.8 Å². The van der Waals surface area contributed by atoms with Crippen LogP contribution in [-0.2, 0) is 9.53 Å². The maximum atomic E-state index is 12.2. The lowest BCUT2D eigenvalue weighted by Gasteiger charge is -2.15. The fraction of sp³-hybridized carbons (Fsp3) is 0.412. The summed E-state index contributed by atoms with van der Waals surface area (Å²) in [5.41, 5.74) is 0.256. The van der Waals surface area contributed by atoms with E-state index in [2.05, 4.69) is 27.8 Å². The fourth-order valence-electron chi connectivity index (χ4n) is 1.78. The van der Waals surface area contributed by atoms with Crippen molar-refractivity contribution in [2.24, 2.45) is 0 Å². The highest BCUT2D eigenvalue weighted by Gasteiger charge is 2.21. The number of rotatable bonds is 9. The van der Waals surface area contributed by atoms with Crippen LogP contribution >= 0.6 is 15.9 Å². The molecule has 1 amide bonds. The number of halogens is 1. The molecule has 132 valence electrons. The predicted octanol–water partition coefficient (Wildman–Crippen LogP) is 3.09. The average molecular weight is 400 g/mol. The molecule has 1 N–H and O–H groups in total. The van der Waals surface area contributed by atoms with Crippen molar-refractivity contribution in [2.75, 3.05) is 20.3 Å². The minimum atomic E-state index is -0.918. The molecule has 1 atom stereocenters. The SMILES string of the molecule is C=CCNC(=O)[C@@H](C)OC(=O)c1cc(Br)c(OCCC)c(OC)c1. The van der Waals surface area contributed by atoms with Crippen molar-refractivity contribution in [3.8, 4) is 11.5 Å². The van der Waals surface area contributed by atoms with Crippen LogP contribution in [0.1, 0.15) is 30.6 Å². The van der Waals surface area contributed by atoms with Crippen molar-refractivity contribution in [2.45, 2.75) is 26.4 Å². The largest absolute Gasteiger partial charge is 0.493 e. The first-order valence-electron chi connectivity index (χ1n) is 7.54. The van der Waals surface area contributed by atoms with E-state index in [0.29, 0.717) is 29.1 Å². The Morgan fingerprint density at radius 2 is 2.12 bits per heavy atom. The van der Waals surface area contributed by atoms with E-state index in [-0.39, 0.29) is 5.56 Å². The van der Waals surface area contributed by atoms with Gasteiger partial charge in [-0.1, -0.05) is 13.0 Å². The van der Waals surface area contributed by atoms with Gasteiger partial charge in [0.05, 0.1) is 23.8 Å². The molecule has 0 aromatic heterocycles. The molecule has 0 aliphatic rings. The number of nitrogens with one attached hydrogen (secondary N) is 1. The number of amides is 1. The molecule has 0 aliphatic carbocycles. The van der Waals surface area contributed by atoms with Crippen LogP contribution in [0.5, 0.6) is 11.5 Å². The summed E-state index contributed by atoms with van der Waals surface area (Å²) in [6.45, 7) is 7.83. The second kappa shape index (κ2) is 9.97. The Kier molecular flexibility index (Phi) is 8.32. The molecule has 0 aliphatic heterocycles. The highest BCUT2D eigenvalue weighted by Crippen LogP contribution is 2.37. The number of carbonyl (C=O) groups is 2. The Labute approximate surface area is 150 Å². The van der Waals surface area contributed by atoms with Gasteiger partial charge in [0.2, 0.25) is 0 Å². The number of esters is 1. The van der Waals surface area contributed by atoms with E-state index < -0.39 is 18.0 Å². The molecule has 1 aromatic carbocycles. The molecule has 0 spiro atoms. The molecule has 1 rings (SSSR count). The monoisotopic (exact) mass is 399 g/mol. The topological polar surface area (TPSA) is 73.9 Å². The summed E-state index contributed by atoms with van der Waals surface area (Å²) in [7, 11) is 1.49. The number of hydrogen-bond donors (Lipinski definition) is 1. The van der Waals surface area contributed by atoms with Gasteiger partial charge in [-0.3, -0.25) is 4.79 Å². The van der Waals surface area contributed by atoms with Crippen LogP contribution in [0.25, 0.3) is 0 Å². The highest BCUT2D eigenvalue weighted by molar-refractivity contribution is 9.10. The zero-order chi connectivity index (χ0) is 18.1. The first-order valence-corrected chi connectivity index (χ1v) is 8.33. The molecule has 0 bridgehead atoms. The third-order valence-corrected chi connectivity index (χ3v) is 3.58. The van der Waals surface area contributed by atoms with Crippen molar-refractivity contribution in [1.82, 2.24) is 5.32 Å². The molecular weight excluding hydrogens is 378 g/mol. The van der Waals surface area contributed by atoms with E-state index in [9.17, 15) is 9.59 Å². The fourth-order valence-corrected chi connectivity index (χ4v) is 2.34. The van der Waals surface area contributed by atoms with Crippen molar-refractivity contribution in [3.63, 3.8) is 0 Å². The van der Waals surface area contributed by atoms with Crippen LogP contribution in [0.15, 0.2) is 29.3 Å². The van der Waals surface area contributed by atoms with E-state index in [1.807, 2.05) is 6.92 Å². The summed E-state index contributed by atoms with van der Waals surface area (Å²) in [4.78, 5) is 24.0. The van der Waals surface area contributed by atoms with Gasteiger partial charge in [0.15, 0.2) is 17.6 Å². The van der Waals surface area contributed by atoms with Crippen molar-refractivity contribution >= 4 is 27.8 Å². The molecule has 7 heteroatoms. The average Bonchev–Trinajstić information content (AvgIpc) is 2.57. The summed E-state index contributed by atoms with van der Waals surface area (Å²) in [5.74, 6) is -0.0873. The summed E-state index contributed by atoms with van der Waals surface area (Å²) >= 11 is 3.36. The van der Waals surface area contributed by atoms with Gasteiger partial charge < -0.3 is 19.5 Å². The summed E-state index contributed by atoms with van der Waals surface area (Å²) in [5, 5.41) is 2.57. The molecule has 0 radical (unpaired) electrons. The van der Waals surface area contributed by atoms with E-state index >= 15 is 0 Å². The number of ether oxygens (including phenoxy) is 3. The zero-order valence-corrected chi connectivity index (χ0v) is 15.6. The second-order valence-corrected chi connectivity index (χ2v) is 5.77. The van der Waals surface area contributed by atoms with Gasteiger partial charge in [-0.05, 0) is 41.4 Å². The maximum Gasteiger partial charge on any atom is 0.339 e. The molecule has 1 aromatic rings. The predicted molar refractivity (Wildman–Crippen MR) is 94.6 cm³/mol. The first kappa shape index (κ1) is 20.0. The van der Waals surface area contributed by atoms with Gasteiger partial charge in [-0.2, -0.15) is 0 Å². The Morgan fingerprint density at radius 1 is 1.42 bits per heavy atom. The summed E-state index contributed by atoms with van der Waals surface area (Å²) < 4.78 is 16.6. The highest BCUT2D eigenvalue weighted by atomic mass is 79.9. The molecular formula is C17H22BrNO5. The smallest absolute Gasteiger partial charge is 0.339 e. The Morgan fingerprint density at radius 3 is 2.71 bits per heavy atom. The molecule has 6 nitrogen and oxygen atoms in total. The molecule has 24 heavy (non-hydrogen) atoms. The minimum Gasteiger partial charge on any atom is -0.493 e. The molecule has 0 saturated heterocycles. The Hall–Kier alpha value is -2.02. The van der Waals surface area contributed by atoms with Gasteiger partial charge in [-0.15, -0.1) is 6.58 Å². The van der Waals surface area contributed by atoms with Crippen LogP contribution < -0.4 is 14.8 Å². The molecule has 0 heterocycles. The van der Waals surface area contributed by atoms with Crippen molar-refractivity contribution in [1.29, 1.82) is 0 Å².